The highest BCUT2D eigenvalue weighted by Crippen LogP contribution is 2.26. The van der Waals surface area contributed by atoms with Crippen molar-refractivity contribution in [1.82, 2.24) is 15.1 Å². The summed E-state index contributed by atoms with van der Waals surface area (Å²) in [5, 5.41) is 13.3. The third kappa shape index (κ3) is 2.91. The molecule has 0 atom stereocenters. The van der Waals surface area contributed by atoms with Gasteiger partial charge in [-0.2, -0.15) is 0 Å². The number of nitrogens with one attached hydrogen (secondary N) is 2. The van der Waals surface area contributed by atoms with Crippen LogP contribution in [-0.2, 0) is 4.79 Å². The first-order valence-corrected chi connectivity index (χ1v) is 7.36. The van der Waals surface area contributed by atoms with Gasteiger partial charge in [-0.3, -0.25) is 9.59 Å². The van der Waals surface area contributed by atoms with E-state index in [0.717, 1.165) is 21.9 Å². The maximum atomic E-state index is 11.9. The Morgan fingerprint density at radius 1 is 1.25 bits per heavy atom. The standard InChI is InChI=1S/C14H9N3O2.C3H6O2/c18-14-13-9(3-5-15-13)10-7-8(1-2-11(10)17-14)12-4-6-16-19-12;1-2-3(4)5/h1-7,15H,(H,17,18);2H2,1H3,(H,4,5). The molecular weight excluding hydrogens is 310 g/mol. The van der Waals surface area contributed by atoms with Gasteiger partial charge in [-0.1, -0.05) is 12.1 Å². The number of carbonyl (C=O) groups is 1. The lowest BCUT2D eigenvalue weighted by Gasteiger charge is -2.02. The lowest BCUT2D eigenvalue weighted by atomic mass is 10.1. The molecule has 7 nitrogen and oxygen atoms in total. The molecular formula is C17H15N3O4. The average molecular weight is 325 g/mol. The summed E-state index contributed by atoms with van der Waals surface area (Å²) in [5.41, 5.74) is 2.21. The molecule has 0 saturated heterocycles. The Morgan fingerprint density at radius 2 is 2.04 bits per heavy atom. The summed E-state index contributed by atoms with van der Waals surface area (Å²) in [7, 11) is 0. The van der Waals surface area contributed by atoms with Crippen LogP contribution >= 0.6 is 0 Å². The Morgan fingerprint density at radius 3 is 2.71 bits per heavy atom. The van der Waals surface area contributed by atoms with Gasteiger partial charge in [0, 0.05) is 40.5 Å². The Labute approximate surface area is 135 Å². The summed E-state index contributed by atoms with van der Waals surface area (Å²) in [5.74, 6) is -0.0400. The number of hydrogen-bond donors (Lipinski definition) is 3. The van der Waals surface area contributed by atoms with E-state index in [-0.39, 0.29) is 12.0 Å². The molecule has 0 aliphatic rings. The summed E-state index contributed by atoms with van der Waals surface area (Å²) in [6.45, 7) is 1.60. The fraction of sp³-hybridized carbons (Fsp3) is 0.118. The molecule has 0 aliphatic carbocycles. The highest BCUT2D eigenvalue weighted by atomic mass is 16.5. The van der Waals surface area contributed by atoms with Crippen molar-refractivity contribution < 1.29 is 14.4 Å². The van der Waals surface area contributed by atoms with Crippen molar-refractivity contribution in [3.05, 3.63) is 53.1 Å². The summed E-state index contributed by atoms with van der Waals surface area (Å²) in [6, 6.07) is 9.47. The van der Waals surface area contributed by atoms with Gasteiger partial charge >= 0.3 is 5.97 Å². The van der Waals surface area contributed by atoms with Gasteiger partial charge in [0.05, 0.1) is 6.20 Å². The molecule has 0 unspecified atom stereocenters. The SMILES string of the molecule is CCC(=O)O.O=c1[nH]c2ccc(-c3ccno3)cc2c2cc[nH]c12. The third-order valence-electron chi connectivity index (χ3n) is 3.56. The van der Waals surface area contributed by atoms with E-state index in [1.165, 1.54) is 0 Å². The summed E-state index contributed by atoms with van der Waals surface area (Å²) in [6.07, 6.45) is 3.60. The van der Waals surface area contributed by atoms with Crippen molar-refractivity contribution in [1.29, 1.82) is 0 Å². The van der Waals surface area contributed by atoms with E-state index in [9.17, 15) is 9.59 Å². The minimum Gasteiger partial charge on any atom is -0.481 e. The quantitative estimate of drug-likeness (QED) is 0.524. The average Bonchev–Trinajstić information content (AvgIpc) is 3.27. The lowest BCUT2D eigenvalue weighted by molar-refractivity contribution is -0.136. The number of aromatic nitrogens is 3. The number of nitrogens with zero attached hydrogens (tertiary/aromatic N) is 1. The molecule has 3 N–H and O–H groups in total. The highest BCUT2D eigenvalue weighted by molar-refractivity contribution is 6.05. The van der Waals surface area contributed by atoms with Crippen LogP contribution in [0, 0.1) is 0 Å². The van der Waals surface area contributed by atoms with Gasteiger partial charge < -0.3 is 19.6 Å². The zero-order valence-corrected chi connectivity index (χ0v) is 12.9. The van der Waals surface area contributed by atoms with Crippen molar-refractivity contribution in [2.45, 2.75) is 13.3 Å². The van der Waals surface area contributed by atoms with Gasteiger partial charge in [0.15, 0.2) is 5.76 Å². The molecule has 24 heavy (non-hydrogen) atoms. The van der Waals surface area contributed by atoms with Gasteiger partial charge in [0.25, 0.3) is 5.56 Å². The number of carboxylic acid groups (broad SMARTS) is 1. The van der Waals surface area contributed by atoms with Gasteiger partial charge in [-0.15, -0.1) is 0 Å². The molecule has 0 radical (unpaired) electrons. The number of aliphatic carboxylic acids is 1. The van der Waals surface area contributed by atoms with Gasteiger partial charge in [-0.25, -0.2) is 0 Å². The van der Waals surface area contributed by atoms with Crippen LogP contribution in [0.4, 0.5) is 0 Å². The largest absolute Gasteiger partial charge is 0.481 e. The van der Waals surface area contributed by atoms with Crippen molar-refractivity contribution in [2.75, 3.05) is 0 Å². The zero-order chi connectivity index (χ0) is 17.1. The molecule has 0 aliphatic heterocycles. The monoisotopic (exact) mass is 325 g/mol. The Balaban J connectivity index is 0.000000300. The van der Waals surface area contributed by atoms with E-state index in [1.807, 2.05) is 24.3 Å². The van der Waals surface area contributed by atoms with Crippen molar-refractivity contribution in [3.63, 3.8) is 0 Å². The van der Waals surface area contributed by atoms with Crippen LogP contribution in [0.2, 0.25) is 0 Å². The predicted octanol–water partition coefficient (Wildman–Crippen LogP) is 3.15. The number of fused-ring (bicyclic) bond motifs is 3. The van der Waals surface area contributed by atoms with Gasteiger partial charge in [0.1, 0.15) is 5.52 Å². The highest BCUT2D eigenvalue weighted by Gasteiger charge is 2.08. The normalized spacial score (nSPS) is 10.5. The van der Waals surface area contributed by atoms with Crippen molar-refractivity contribution in [3.8, 4) is 11.3 Å². The molecule has 0 fully saturated rings. The Kier molecular flexibility index (Phi) is 4.15. The van der Waals surface area contributed by atoms with Crippen LogP contribution in [0.1, 0.15) is 13.3 Å². The molecule has 3 heterocycles. The van der Waals surface area contributed by atoms with Crippen LogP contribution in [-0.4, -0.2) is 26.2 Å². The third-order valence-corrected chi connectivity index (χ3v) is 3.56. The molecule has 4 rings (SSSR count). The molecule has 0 saturated carbocycles. The smallest absolute Gasteiger partial charge is 0.303 e. The van der Waals surface area contributed by atoms with E-state index in [1.54, 1.807) is 25.4 Å². The molecule has 0 spiro atoms. The van der Waals surface area contributed by atoms with Gasteiger partial charge in [-0.05, 0) is 24.3 Å². The summed E-state index contributed by atoms with van der Waals surface area (Å²) < 4.78 is 5.16. The van der Waals surface area contributed by atoms with Crippen LogP contribution in [0.5, 0.6) is 0 Å². The number of hydrogen-bond acceptors (Lipinski definition) is 4. The first-order valence-electron chi connectivity index (χ1n) is 7.36. The second kappa shape index (κ2) is 6.41. The van der Waals surface area contributed by atoms with E-state index >= 15 is 0 Å². The second-order valence-electron chi connectivity index (χ2n) is 5.10. The lowest BCUT2D eigenvalue weighted by Crippen LogP contribution is -2.05. The number of carboxylic acids is 1. The van der Waals surface area contributed by atoms with Crippen molar-refractivity contribution >= 4 is 27.8 Å². The molecule has 122 valence electrons. The molecule has 1 aromatic carbocycles. The molecule has 7 heteroatoms. The fourth-order valence-electron chi connectivity index (χ4n) is 2.36. The zero-order valence-electron chi connectivity index (χ0n) is 12.9. The number of pyridine rings is 1. The number of H-pyrrole nitrogens is 2. The van der Waals surface area contributed by atoms with E-state index in [2.05, 4.69) is 15.1 Å². The van der Waals surface area contributed by atoms with E-state index < -0.39 is 5.97 Å². The molecule has 0 bridgehead atoms. The first kappa shape index (κ1) is 15.5. The summed E-state index contributed by atoms with van der Waals surface area (Å²) >= 11 is 0. The van der Waals surface area contributed by atoms with E-state index in [0.29, 0.717) is 11.3 Å². The van der Waals surface area contributed by atoms with Crippen LogP contribution in [0.25, 0.3) is 33.1 Å². The minimum atomic E-state index is -0.745. The molecule has 0 amide bonds. The van der Waals surface area contributed by atoms with E-state index in [4.69, 9.17) is 9.63 Å². The second-order valence-corrected chi connectivity index (χ2v) is 5.10. The van der Waals surface area contributed by atoms with Crippen LogP contribution < -0.4 is 5.56 Å². The molecule has 3 aromatic heterocycles. The predicted molar refractivity (Wildman–Crippen MR) is 89.8 cm³/mol. The van der Waals surface area contributed by atoms with Crippen LogP contribution in [0.15, 0.2) is 52.0 Å². The Hall–Kier alpha value is -3.35. The number of aromatic amines is 2. The van der Waals surface area contributed by atoms with Gasteiger partial charge in [0.2, 0.25) is 0 Å². The fourth-order valence-corrected chi connectivity index (χ4v) is 2.36. The first-order chi connectivity index (χ1) is 11.6. The maximum Gasteiger partial charge on any atom is 0.303 e. The maximum absolute atomic E-state index is 11.9. The Bertz CT molecular complexity index is 1040. The van der Waals surface area contributed by atoms with Crippen LogP contribution in [0.3, 0.4) is 0 Å². The topological polar surface area (TPSA) is 112 Å². The molecule has 4 aromatic rings. The number of rotatable bonds is 2. The summed E-state index contributed by atoms with van der Waals surface area (Å²) in [4.78, 5) is 27.0. The van der Waals surface area contributed by atoms with Crippen molar-refractivity contribution in [2.24, 2.45) is 0 Å². The minimum absolute atomic E-state index is 0.111. The number of benzene rings is 1.